The molecule has 0 aliphatic carbocycles. The minimum atomic E-state index is -0.104. The summed E-state index contributed by atoms with van der Waals surface area (Å²) < 4.78 is 0. The number of guanidine groups is 1. The van der Waals surface area contributed by atoms with Gasteiger partial charge in [-0.2, -0.15) is 4.99 Å². The van der Waals surface area contributed by atoms with Gasteiger partial charge in [0.05, 0.1) is 6.54 Å². The van der Waals surface area contributed by atoms with Crippen LogP contribution in [0.2, 0.25) is 0 Å². The Bertz CT molecular complexity index is 790. The number of benzene rings is 1. The molecule has 1 amide bonds. The maximum Gasteiger partial charge on any atom is 0.255 e. The SMILES string of the molecule is C=C(C)N=C(N)/N=C1\CC=C(C(C)/C=C\N)C(=O)N1Cc1ccccc1. The van der Waals surface area contributed by atoms with E-state index in [0.717, 1.165) is 5.56 Å². The first-order valence-electron chi connectivity index (χ1n) is 8.43. The molecule has 0 spiro atoms. The molecule has 0 saturated heterocycles. The van der Waals surface area contributed by atoms with Gasteiger partial charge in [-0.25, -0.2) is 4.99 Å². The van der Waals surface area contributed by atoms with Gasteiger partial charge in [0.2, 0.25) is 5.96 Å². The second-order valence-electron chi connectivity index (χ2n) is 6.15. The molecule has 6 heteroatoms. The third kappa shape index (κ3) is 4.92. The Morgan fingerprint density at radius 2 is 2.08 bits per heavy atom. The summed E-state index contributed by atoms with van der Waals surface area (Å²) in [6.07, 6.45) is 5.62. The zero-order chi connectivity index (χ0) is 19.1. The lowest BCUT2D eigenvalue weighted by Crippen LogP contribution is -2.41. The number of carbonyl (C=O) groups excluding carboxylic acids is 1. The summed E-state index contributed by atoms with van der Waals surface area (Å²) in [6.45, 7) is 7.78. The Kier molecular flexibility index (Phi) is 6.49. The molecule has 26 heavy (non-hydrogen) atoms. The van der Waals surface area contributed by atoms with Crippen molar-refractivity contribution in [2.75, 3.05) is 0 Å². The summed E-state index contributed by atoms with van der Waals surface area (Å²) in [4.78, 5) is 23.1. The van der Waals surface area contributed by atoms with Gasteiger partial charge >= 0.3 is 0 Å². The maximum atomic E-state index is 13.1. The van der Waals surface area contributed by atoms with Crippen molar-refractivity contribution in [1.29, 1.82) is 0 Å². The monoisotopic (exact) mass is 351 g/mol. The fourth-order valence-corrected chi connectivity index (χ4v) is 2.71. The van der Waals surface area contributed by atoms with E-state index in [2.05, 4.69) is 16.6 Å². The standard InChI is InChI=1S/C20H25N5O/c1-14(2)23-20(22)24-18-10-9-17(15(3)11-12-21)19(26)25(18)13-16-7-5-4-6-8-16/h4-9,11-12,15H,1,10,13,21H2,2-3H3,(H2,22,23)/b12-11-,24-18+. The number of hydrogen-bond donors (Lipinski definition) is 2. The van der Waals surface area contributed by atoms with Gasteiger partial charge in [-0.3, -0.25) is 9.69 Å². The molecule has 2 rings (SSSR count). The van der Waals surface area contributed by atoms with Crippen molar-refractivity contribution in [3.8, 4) is 0 Å². The van der Waals surface area contributed by atoms with Gasteiger partial charge in [0, 0.05) is 23.6 Å². The third-order valence-electron chi connectivity index (χ3n) is 3.93. The Labute approximate surface area is 154 Å². The van der Waals surface area contributed by atoms with Crippen LogP contribution in [-0.4, -0.2) is 22.6 Å². The van der Waals surface area contributed by atoms with Crippen molar-refractivity contribution in [2.45, 2.75) is 26.8 Å². The molecule has 1 aromatic rings. The van der Waals surface area contributed by atoms with Gasteiger partial charge in [0.25, 0.3) is 5.91 Å². The van der Waals surface area contributed by atoms with Gasteiger partial charge in [-0.05, 0) is 18.7 Å². The normalized spacial score (nSPS) is 18.3. The Hall–Kier alpha value is -3.15. The van der Waals surface area contributed by atoms with E-state index in [4.69, 9.17) is 11.5 Å². The van der Waals surface area contributed by atoms with Gasteiger partial charge in [-0.1, -0.05) is 56.0 Å². The Balaban J connectivity index is 2.40. The van der Waals surface area contributed by atoms with Crippen LogP contribution in [0.3, 0.4) is 0 Å². The van der Waals surface area contributed by atoms with Crippen LogP contribution in [0.1, 0.15) is 25.8 Å². The van der Waals surface area contributed by atoms with Crippen LogP contribution in [-0.2, 0) is 11.3 Å². The molecule has 1 aliphatic rings. The summed E-state index contributed by atoms with van der Waals surface area (Å²) in [6, 6.07) is 9.75. The van der Waals surface area contributed by atoms with Crippen LogP contribution >= 0.6 is 0 Å². The van der Waals surface area contributed by atoms with Crippen LogP contribution in [0.5, 0.6) is 0 Å². The lowest BCUT2D eigenvalue weighted by atomic mass is 9.95. The molecule has 0 aromatic heterocycles. The zero-order valence-corrected chi connectivity index (χ0v) is 15.2. The highest BCUT2D eigenvalue weighted by atomic mass is 16.2. The first-order chi connectivity index (χ1) is 12.4. The number of rotatable bonds is 5. The smallest absolute Gasteiger partial charge is 0.255 e. The minimum Gasteiger partial charge on any atom is -0.405 e. The largest absolute Gasteiger partial charge is 0.405 e. The zero-order valence-electron chi connectivity index (χ0n) is 15.2. The second-order valence-corrected chi connectivity index (χ2v) is 6.15. The van der Waals surface area contributed by atoms with Crippen LogP contribution in [0.15, 0.2) is 76.5 Å². The van der Waals surface area contributed by atoms with Crippen LogP contribution in [0, 0.1) is 5.92 Å². The summed E-state index contributed by atoms with van der Waals surface area (Å²) in [5.41, 5.74) is 13.6. The molecule has 4 N–H and O–H groups in total. The molecular formula is C20H25N5O. The number of carbonyl (C=O) groups is 1. The molecule has 0 bridgehead atoms. The van der Waals surface area contributed by atoms with E-state index in [-0.39, 0.29) is 17.8 Å². The summed E-state index contributed by atoms with van der Waals surface area (Å²) in [5.74, 6) is 0.473. The fourth-order valence-electron chi connectivity index (χ4n) is 2.71. The number of amidine groups is 1. The van der Waals surface area contributed by atoms with Crippen molar-refractivity contribution in [1.82, 2.24) is 4.90 Å². The molecule has 1 heterocycles. The van der Waals surface area contributed by atoms with E-state index in [9.17, 15) is 4.79 Å². The topological polar surface area (TPSA) is 97.1 Å². The highest BCUT2D eigenvalue weighted by molar-refractivity contribution is 6.12. The highest BCUT2D eigenvalue weighted by Gasteiger charge is 2.29. The van der Waals surface area contributed by atoms with Gasteiger partial charge in [0.15, 0.2) is 0 Å². The van der Waals surface area contributed by atoms with Gasteiger partial charge in [-0.15, -0.1) is 0 Å². The molecule has 6 nitrogen and oxygen atoms in total. The second kappa shape index (κ2) is 8.80. The van der Waals surface area contributed by atoms with E-state index < -0.39 is 0 Å². The van der Waals surface area contributed by atoms with E-state index in [1.807, 2.05) is 43.3 Å². The molecule has 136 valence electrons. The van der Waals surface area contributed by atoms with Gasteiger partial charge < -0.3 is 11.5 Å². The molecule has 0 radical (unpaired) electrons. The molecule has 1 atom stereocenters. The number of nitrogens with zero attached hydrogens (tertiary/aromatic N) is 3. The van der Waals surface area contributed by atoms with Crippen molar-refractivity contribution in [3.63, 3.8) is 0 Å². The van der Waals surface area contributed by atoms with E-state index >= 15 is 0 Å². The Morgan fingerprint density at radius 3 is 2.69 bits per heavy atom. The molecule has 0 saturated carbocycles. The number of amides is 1. The van der Waals surface area contributed by atoms with Crippen molar-refractivity contribution < 1.29 is 4.79 Å². The summed E-state index contributed by atoms with van der Waals surface area (Å²) in [5, 5.41) is 0. The van der Waals surface area contributed by atoms with Gasteiger partial charge in [0.1, 0.15) is 5.84 Å². The van der Waals surface area contributed by atoms with E-state index in [1.165, 1.54) is 6.20 Å². The fraction of sp³-hybridized carbons (Fsp3) is 0.250. The lowest BCUT2D eigenvalue weighted by molar-refractivity contribution is -0.124. The summed E-state index contributed by atoms with van der Waals surface area (Å²) >= 11 is 0. The molecule has 1 aliphatic heterocycles. The maximum absolute atomic E-state index is 13.1. The predicted molar refractivity (Wildman–Crippen MR) is 106 cm³/mol. The number of allylic oxidation sites excluding steroid dienone is 2. The van der Waals surface area contributed by atoms with Crippen LogP contribution in [0.4, 0.5) is 0 Å². The molecule has 0 fully saturated rings. The number of aliphatic imine (C=N–C) groups is 2. The summed E-state index contributed by atoms with van der Waals surface area (Å²) in [7, 11) is 0. The molecular weight excluding hydrogens is 326 g/mol. The van der Waals surface area contributed by atoms with Crippen molar-refractivity contribution in [2.24, 2.45) is 27.4 Å². The average Bonchev–Trinajstić information content (AvgIpc) is 2.58. The first-order valence-corrected chi connectivity index (χ1v) is 8.43. The average molecular weight is 351 g/mol. The first kappa shape index (κ1) is 19.2. The van der Waals surface area contributed by atoms with E-state index in [1.54, 1.807) is 17.9 Å². The van der Waals surface area contributed by atoms with E-state index in [0.29, 0.717) is 30.1 Å². The van der Waals surface area contributed by atoms with Crippen LogP contribution < -0.4 is 11.5 Å². The minimum absolute atomic E-state index is 0.0752. The van der Waals surface area contributed by atoms with Crippen molar-refractivity contribution >= 4 is 17.7 Å². The predicted octanol–water partition coefficient (Wildman–Crippen LogP) is 2.70. The quantitative estimate of drug-likeness (QED) is 0.630. The Morgan fingerprint density at radius 1 is 1.38 bits per heavy atom. The molecule has 1 unspecified atom stereocenters. The molecule has 1 aromatic carbocycles. The highest BCUT2D eigenvalue weighted by Crippen LogP contribution is 2.23. The number of hydrogen-bond acceptors (Lipinski definition) is 3. The lowest BCUT2D eigenvalue weighted by Gasteiger charge is -2.30. The van der Waals surface area contributed by atoms with Crippen LogP contribution in [0.25, 0.3) is 0 Å². The number of nitrogens with two attached hydrogens (primary N) is 2. The van der Waals surface area contributed by atoms with Crippen molar-refractivity contribution in [3.05, 3.63) is 72.1 Å². The third-order valence-corrected chi connectivity index (χ3v) is 3.93.